The number of halogens is 2. The Labute approximate surface area is 113 Å². The summed E-state index contributed by atoms with van der Waals surface area (Å²) in [6.07, 6.45) is 1.41. The molecule has 0 aliphatic heterocycles. The number of pyridine rings is 1. The third-order valence-corrected chi connectivity index (χ3v) is 3.03. The molecule has 6 heteroatoms. The van der Waals surface area contributed by atoms with Gasteiger partial charge in [0, 0.05) is 11.9 Å². The lowest BCUT2D eigenvalue weighted by molar-refractivity contribution is 0.0690. The van der Waals surface area contributed by atoms with Gasteiger partial charge in [-0.1, -0.05) is 29.3 Å². The Morgan fingerprint density at radius 3 is 2.78 bits per heavy atom. The van der Waals surface area contributed by atoms with Crippen molar-refractivity contribution in [3.63, 3.8) is 0 Å². The molecule has 2 N–H and O–H groups in total. The molecule has 0 fully saturated rings. The van der Waals surface area contributed by atoms with Gasteiger partial charge in [-0.3, -0.25) is 0 Å². The molecular formula is C12H8Cl2N2O2. The first-order valence-electron chi connectivity index (χ1n) is 4.98. The highest BCUT2D eigenvalue weighted by molar-refractivity contribution is 6.43. The summed E-state index contributed by atoms with van der Waals surface area (Å²) in [4.78, 5) is 14.5. The minimum absolute atomic E-state index is 0.0434. The second-order valence-electron chi connectivity index (χ2n) is 3.46. The van der Waals surface area contributed by atoms with Crippen LogP contribution in [0.4, 0.5) is 11.4 Å². The molecule has 0 amide bonds. The van der Waals surface area contributed by atoms with Gasteiger partial charge >= 0.3 is 5.97 Å². The zero-order valence-electron chi connectivity index (χ0n) is 9.02. The maximum atomic E-state index is 10.8. The Morgan fingerprint density at radius 2 is 2.06 bits per heavy atom. The number of carbonyl (C=O) groups is 1. The minimum Gasteiger partial charge on any atom is -0.477 e. The highest BCUT2D eigenvalue weighted by Gasteiger charge is 2.07. The summed E-state index contributed by atoms with van der Waals surface area (Å²) in [5.74, 6) is -1.09. The average molecular weight is 283 g/mol. The smallest absolute Gasteiger partial charge is 0.354 e. The molecule has 0 atom stereocenters. The number of aromatic nitrogens is 1. The first-order chi connectivity index (χ1) is 8.58. The maximum Gasteiger partial charge on any atom is 0.354 e. The zero-order chi connectivity index (χ0) is 13.1. The molecule has 1 heterocycles. The molecule has 4 nitrogen and oxygen atoms in total. The van der Waals surface area contributed by atoms with E-state index in [0.29, 0.717) is 21.4 Å². The van der Waals surface area contributed by atoms with Crippen molar-refractivity contribution in [2.45, 2.75) is 0 Å². The SMILES string of the molecule is O=C(O)c1cc(Nc2cccc(Cl)c2Cl)ccn1. The van der Waals surface area contributed by atoms with E-state index in [-0.39, 0.29) is 5.69 Å². The Kier molecular flexibility index (Phi) is 3.69. The number of hydrogen-bond donors (Lipinski definition) is 2. The van der Waals surface area contributed by atoms with Gasteiger partial charge in [0.25, 0.3) is 0 Å². The van der Waals surface area contributed by atoms with Crippen molar-refractivity contribution in [3.05, 3.63) is 52.3 Å². The van der Waals surface area contributed by atoms with Crippen molar-refractivity contribution >= 4 is 40.5 Å². The molecule has 2 aromatic rings. The lowest BCUT2D eigenvalue weighted by atomic mass is 10.2. The Hall–Kier alpha value is -1.78. The van der Waals surface area contributed by atoms with E-state index in [0.717, 1.165) is 0 Å². The predicted octanol–water partition coefficient (Wildman–Crippen LogP) is 3.83. The number of nitrogens with one attached hydrogen (secondary N) is 1. The summed E-state index contributed by atoms with van der Waals surface area (Å²) in [6.45, 7) is 0. The van der Waals surface area contributed by atoms with Crippen LogP contribution in [0.5, 0.6) is 0 Å². The molecular weight excluding hydrogens is 275 g/mol. The van der Waals surface area contributed by atoms with Crippen LogP contribution in [0, 0.1) is 0 Å². The molecule has 0 spiro atoms. The Morgan fingerprint density at radius 1 is 1.28 bits per heavy atom. The summed E-state index contributed by atoms with van der Waals surface area (Å²) in [5.41, 5.74) is 1.14. The van der Waals surface area contributed by atoms with Crippen LogP contribution in [-0.2, 0) is 0 Å². The standard InChI is InChI=1S/C12H8Cl2N2O2/c13-8-2-1-3-9(11(8)14)16-7-4-5-15-10(6-7)12(17)18/h1-6H,(H,15,16)(H,17,18). The number of hydrogen-bond acceptors (Lipinski definition) is 3. The first-order valence-corrected chi connectivity index (χ1v) is 5.74. The van der Waals surface area contributed by atoms with Gasteiger partial charge in [0.15, 0.2) is 0 Å². The van der Waals surface area contributed by atoms with Crippen molar-refractivity contribution in [2.75, 3.05) is 5.32 Å². The van der Waals surface area contributed by atoms with Gasteiger partial charge in [0.1, 0.15) is 5.69 Å². The zero-order valence-corrected chi connectivity index (χ0v) is 10.5. The molecule has 92 valence electrons. The molecule has 0 saturated carbocycles. The van der Waals surface area contributed by atoms with Crippen LogP contribution in [0.2, 0.25) is 10.0 Å². The topological polar surface area (TPSA) is 62.2 Å². The summed E-state index contributed by atoms with van der Waals surface area (Å²) in [6, 6.07) is 8.22. The van der Waals surface area contributed by atoms with Crippen LogP contribution >= 0.6 is 23.2 Å². The van der Waals surface area contributed by atoms with Gasteiger partial charge in [0.2, 0.25) is 0 Å². The van der Waals surface area contributed by atoms with Gasteiger partial charge in [-0.2, -0.15) is 0 Å². The van der Waals surface area contributed by atoms with Crippen LogP contribution < -0.4 is 5.32 Å². The third kappa shape index (κ3) is 2.72. The van der Waals surface area contributed by atoms with Gasteiger partial charge in [-0.25, -0.2) is 9.78 Å². The fourth-order valence-electron chi connectivity index (χ4n) is 1.38. The highest BCUT2D eigenvalue weighted by Crippen LogP contribution is 2.31. The van der Waals surface area contributed by atoms with Crippen molar-refractivity contribution in [3.8, 4) is 0 Å². The molecule has 1 aromatic heterocycles. The van der Waals surface area contributed by atoms with Crippen LogP contribution in [-0.4, -0.2) is 16.1 Å². The monoisotopic (exact) mass is 282 g/mol. The van der Waals surface area contributed by atoms with E-state index in [1.54, 1.807) is 24.3 Å². The third-order valence-electron chi connectivity index (χ3n) is 2.21. The van der Waals surface area contributed by atoms with Crippen molar-refractivity contribution in [1.29, 1.82) is 0 Å². The quantitative estimate of drug-likeness (QED) is 0.898. The normalized spacial score (nSPS) is 10.1. The molecule has 2 rings (SSSR count). The molecule has 0 bridgehead atoms. The fraction of sp³-hybridized carbons (Fsp3) is 0. The van der Waals surface area contributed by atoms with E-state index >= 15 is 0 Å². The van der Waals surface area contributed by atoms with E-state index in [1.165, 1.54) is 12.3 Å². The lowest BCUT2D eigenvalue weighted by Gasteiger charge is -2.09. The minimum atomic E-state index is -1.09. The molecule has 0 aliphatic rings. The van der Waals surface area contributed by atoms with Crippen molar-refractivity contribution in [2.24, 2.45) is 0 Å². The number of carboxylic acids is 1. The average Bonchev–Trinajstić information content (AvgIpc) is 2.35. The van der Waals surface area contributed by atoms with E-state index in [4.69, 9.17) is 28.3 Å². The number of rotatable bonds is 3. The number of nitrogens with zero attached hydrogens (tertiary/aromatic N) is 1. The van der Waals surface area contributed by atoms with Crippen molar-refractivity contribution in [1.82, 2.24) is 4.98 Å². The second-order valence-corrected chi connectivity index (χ2v) is 4.25. The van der Waals surface area contributed by atoms with Gasteiger partial charge in [-0.15, -0.1) is 0 Å². The van der Waals surface area contributed by atoms with E-state index < -0.39 is 5.97 Å². The van der Waals surface area contributed by atoms with E-state index in [2.05, 4.69) is 10.3 Å². The fourth-order valence-corrected chi connectivity index (χ4v) is 1.73. The number of benzene rings is 1. The lowest BCUT2D eigenvalue weighted by Crippen LogP contribution is -2.01. The number of anilines is 2. The second kappa shape index (κ2) is 5.25. The van der Waals surface area contributed by atoms with Gasteiger partial charge < -0.3 is 10.4 Å². The molecule has 0 saturated heterocycles. The van der Waals surface area contributed by atoms with Crippen LogP contribution in [0.25, 0.3) is 0 Å². The summed E-state index contributed by atoms with van der Waals surface area (Å²) in [7, 11) is 0. The summed E-state index contributed by atoms with van der Waals surface area (Å²) in [5, 5.41) is 12.6. The summed E-state index contributed by atoms with van der Waals surface area (Å²) < 4.78 is 0. The summed E-state index contributed by atoms with van der Waals surface area (Å²) >= 11 is 11.9. The Bertz CT molecular complexity index is 602. The van der Waals surface area contributed by atoms with Crippen LogP contribution in [0.3, 0.4) is 0 Å². The van der Waals surface area contributed by atoms with Crippen LogP contribution in [0.15, 0.2) is 36.5 Å². The molecule has 18 heavy (non-hydrogen) atoms. The largest absolute Gasteiger partial charge is 0.477 e. The predicted molar refractivity (Wildman–Crippen MR) is 70.9 cm³/mol. The van der Waals surface area contributed by atoms with Gasteiger partial charge in [-0.05, 0) is 24.3 Å². The number of carboxylic acid groups (broad SMARTS) is 1. The van der Waals surface area contributed by atoms with Crippen LogP contribution in [0.1, 0.15) is 10.5 Å². The molecule has 0 unspecified atom stereocenters. The van der Waals surface area contributed by atoms with Gasteiger partial charge in [0.05, 0.1) is 15.7 Å². The molecule has 1 aromatic carbocycles. The van der Waals surface area contributed by atoms with E-state index in [1.807, 2.05) is 0 Å². The maximum absolute atomic E-state index is 10.8. The molecule has 0 aliphatic carbocycles. The molecule has 0 radical (unpaired) electrons. The van der Waals surface area contributed by atoms with E-state index in [9.17, 15) is 4.79 Å². The Balaban J connectivity index is 2.31. The number of aromatic carboxylic acids is 1. The first kappa shape index (κ1) is 12.7. The van der Waals surface area contributed by atoms with Crippen molar-refractivity contribution < 1.29 is 9.90 Å². The highest BCUT2D eigenvalue weighted by atomic mass is 35.5.